The molecule has 0 N–H and O–H groups in total. The van der Waals surface area contributed by atoms with Crippen LogP contribution in [0.5, 0.6) is 11.5 Å². The van der Waals surface area contributed by atoms with E-state index in [2.05, 4.69) is 15.9 Å². The fourth-order valence-corrected chi connectivity index (χ4v) is 4.87. The van der Waals surface area contributed by atoms with Crippen LogP contribution in [0.1, 0.15) is 21.5 Å². The predicted octanol–water partition coefficient (Wildman–Crippen LogP) is 2.95. The van der Waals surface area contributed by atoms with Gasteiger partial charge < -0.3 is 9.47 Å². The average Bonchev–Trinajstić information content (AvgIpc) is 2.59. The monoisotopic (exact) mass is 425 g/mol. The number of benzene rings is 2. The van der Waals surface area contributed by atoms with Crippen LogP contribution in [0.3, 0.4) is 0 Å². The Morgan fingerprint density at radius 1 is 1.12 bits per heavy atom. The molecule has 2 aromatic rings. The standard InChI is InChI=1S/C17H16BrNO5S/c1-23-14-8-7-11(15(18)16(14)24-2)9-19-17(20)13-6-4-3-5-12(13)10-25(19,21)22/h3-8H,9-10H2,1-2H3. The van der Waals surface area contributed by atoms with Gasteiger partial charge in [0.25, 0.3) is 5.91 Å². The van der Waals surface area contributed by atoms with Crippen molar-refractivity contribution in [2.45, 2.75) is 12.3 Å². The second-order valence-electron chi connectivity index (χ2n) is 5.50. The Balaban J connectivity index is 2.02. The van der Waals surface area contributed by atoms with Crippen LogP contribution in [-0.4, -0.2) is 32.8 Å². The molecule has 2 aromatic carbocycles. The first-order chi connectivity index (χ1) is 11.9. The number of halogens is 1. The molecule has 8 heteroatoms. The molecule has 25 heavy (non-hydrogen) atoms. The SMILES string of the molecule is COc1ccc(CN2C(=O)c3ccccc3CS2(=O)=O)c(Br)c1OC. The molecule has 0 fully saturated rings. The van der Waals surface area contributed by atoms with Gasteiger partial charge in [-0.3, -0.25) is 4.79 Å². The molecule has 0 saturated heterocycles. The number of carbonyl (C=O) groups is 1. The number of amides is 1. The van der Waals surface area contributed by atoms with Gasteiger partial charge in [-0.2, -0.15) is 0 Å². The molecule has 1 heterocycles. The average molecular weight is 426 g/mol. The Hall–Kier alpha value is -2.06. The number of hydrogen-bond acceptors (Lipinski definition) is 5. The topological polar surface area (TPSA) is 72.9 Å². The largest absolute Gasteiger partial charge is 0.493 e. The number of rotatable bonds is 4. The Kier molecular flexibility index (Phi) is 4.75. The van der Waals surface area contributed by atoms with Crippen LogP contribution < -0.4 is 9.47 Å². The molecule has 0 bridgehead atoms. The van der Waals surface area contributed by atoms with Crippen molar-refractivity contribution in [2.75, 3.05) is 14.2 Å². The van der Waals surface area contributed by atoms with Gasteiger partial charge in [-0.05, 0) is 39.2 Å². The van der Waals surface area contributed by atoms with E-state index < -0.39 is 15.9 Å². The van der Waals surface area contributed by atoms with E-state index in [4.69, 9.17) is 9.47 Å². The summed E-state index contributed by atoms with van der Waals surface area (Å²) in [6, 6.07) is 10.1. The zero-order valence-electron chi connectivity index (χ0n) is 13.7. The first kappa shape index (κ1) is 17.8. The Morgan fingerprint density at radius 2 is 1.84 bits per heavy atom. The maximum absolute atomic E-state index is 12.7. The van der Waals surface area contributed by atoms with E-state index in [9.17, 15) is 13.2 Å². The lowest BCUT2D eigenvalue weighted by Crippen LogP contribution is -2.41. The second-order valence-corrected chi connectivity index (χ2v) is 8.19. The molecule has 132 valence electrons. The summed E-state index contributed by atoms with van der Waals surface area (Å²) in [4.78, 5) is 12.7. The van der Waals surface area contributed by atoms with Crippen LogP contribution in [0.2, 0.25) is 0 Å². The van der Waals surface area contributed by atoms with Crippen molar-refractivity contribution >= 4 is 31.9 Å². The minimum atomic E-state index is -3.75. The quantitative estimate of drug-likeness (QED) is 0.752. The highest BCUT2D eigenvalue weighted by atomic mass is 79.9. The highest BCUT2D eigenvalue weighted by Crippen LogP contribution is 2.39. The summed E-state index contributed by atoms with van der Waals surface area (Å²) in [5.74, 6) is 0.238. The Bertz CT molecular complexity index is 942. The predicted molar refractivity (Wildman–Crippen MR) is 96.2 cm³/mol. The number of carbonyl (C=O) groups excluding carboxylic acids is 1. The van der Waals surface area contributed by atoms with Crippen LogP contribution in [0.4, 0.5) is 0 Å². The molecule has 0 spiro atoms. The van der Waals surface area contributed by atoms with Crippen molar-refractivity contribution in [3.8, 4) is 11.5 Å². The van der Waals surface area contributed by atoms with E-state index in [1.807, 2.05) is 0 Å². The Labute approximate surface area is 154 Å². The lowest BCUT2D eigenvalue weighted by atomic mass is 10.1. The number of methoxy groups -OCH3 is 2. The van der Waals surface area contributed by atoms with Crippen LogP contribution in [0.15, 0.2) is 40.9 Å². The second kappa shape index (κ2) is 6.68. The van der Waals surface area contributed by atoms with Crippen LogP contribution in [0, 0.1) is 0 Å². The van der Waals surface area contributed by atoms with E-state index in [0.29, 0.717) is 32.7 Å². The van der Waals surface area contributed by atoms with E-state index in [-0.39, 0.29) is 12.3 Å². The summed E-state index contributed by atoms with van der Waals surface area (Å²) in [5.41, 5.74) is 1.54. The maximum Gasteiger partial charge on any atom is 0.267 e. The third-order valence-electron chi connectivity index (χ3n) is 4.03. The smallest absolute Gasteiger partial charge is 0.267 e. The summed E-state index contributed by atoms with van der Waals surface area (Å²) in [7, 11) is -0.741. The first-order valence-corrected chi connectivity index (χ1v) is 9.81. The molecule has 0 radical (unpaired) electrons. The van der Waals surface area contributed by atoms with Gasteiger partial charge >= 0.3 is 0 Å². The van der Waals surface area contributed by atoms with Crippen molar-refractivity contribution in [1.82, 2.24) is 4.31 Å². The van der Waals surface area contributed by atoms with Crippen molar-refractivity contribution in [3.05, 3.63) is 57.6 Å². The summed E-state index contributed by atoms with van der Waals surface area (Å²) in [5, 5.41) is 0. The molecule has 1 amide bonds. The summed E-state index contributed by atoms with van der Waals surface area (Å²) < 4.78 is 37.1. The van der Waals surface area contributed by atoms with Gasteiger partial charge in [0, 0.05) is 5.56 Å². The van der Waals surface area contributed by atoms with E-state index >= 15 is 0 Å². The fraction of sp³-hybridized carbons (Fsp3) is 0.235. The minimum Gasteiger partial charge on any atom is -0.493 e. The van der Waals surface area contributed by atoms with Gasteiger partial charge in [0.1, 0.15) is 0 Å². The van der Waals surface area contributed by atoms with Gasteiger partial charge in [-0.1, -0.05) is 24.3 Å². The third-order valence-corrected chi connectivity index (χ3v) is 6.54. The number of sulfonamides is 1. The van der Waals surface area contributed by atoms with Crippen molar-refractivity contribution < 1.29 is 22.7 Å². The van der Waals surface area contributed by atoms with Gasteiger partial charge in [-0.15, -0.1) is 0 Å². The minimum absolute atomic E-state index is 0.0869. The highest BCUT2D eigenvalue weighted by Gasteiger charge is 2.36. The molecule has 0 aromatic heterocycles. The molecular weight excluding hydrogens is 410 g/mol. The Morgan fingerprint density at radius 3 is 2.52 bits per heavy atom. The van der Waals surface area contributed by atoms with E-state index in [1.54, 1.807) is 36.4 Å². The molecule has 3 rings (SSSR count). The first-order valence-electron chi connectivity index (χ1n) is 7.41. The molecule has 0 atom stereocenters. The van der Waals surface area contributed by atoms with Gasteiger partial charge in [0.05, 0.1) is 31.0 Å². The lowest BCUT2D eigenvalue weighted by molar-refractivity contribution is 0.0849. The summed E-state index contributed by atoms with van der Waals surface area (Å²) >= 11 is 3.41. The fourth-order valence-electron chi connectivity index (χ4n) is 2.77. The molecular formula is C17H16BrNO5S. The highest BCUT2D eigenvalue weighted by molar-refractivity contribution is 9.10. The normalized spacial score (nSPS) is 15.6. The number of ether oxygens (including phenoxy) is 2. The van der Waals surface area contributed by atoms with Crippen LogP contribution in [0.25, 0.3) is 0 Å². The van der Waals surface area contributed by atoms with Crippen molar-refractivity contribution in [1.29, 1.82) is 0 Å². The van der Waals surface area contributed by atoms with Crippen LogP contribution >= 0.6 is 15.9 Å². The molecule has 0 aliphatic carbocycles. The number of fused-ring (bicyclic) bond motifs is 1. The summed E-state index contributed by atoms with van der Waals surface area (Å²) in [6.45, 7) is -0.0869. The third kappa shape index (κ3) is 3.11. The van der Waals surface area contributed by atoms with Crippen molar-refractivity contribution in [3.63, 3.8) is 0 Å². The zero-order valence-corrected chi connectivity index (χ0v) is 16.1. The molecule has 1 aliphatic heterocycles. The van der Waals surface area contributed by atoms with E-state index in [0.717, 1.165) is 4.31 Å². The molecule has 6 nitrogen and oxygen atoms in total. The van der Waals surface area contributed by atoms with Crippen molar-refractivity contribution in [2.24, 2.45) is 0 Å². The molecule has 0 saturated carbocycles. The number of hydrogen-bond donors (Lipinski definition) is 0. The number of nitrogens with zero attached hydrogens (tertiary/aromatic N) is 1. The zero-order chi connectivity index (χ0) is 18.2. The van der Waals surface area contributed by atoms with Gasteiger partial charge in [-0.25, -0.2) is 12.7 Å². The summed E-state index contributed by atoms with van der Waals surface area (Å²) in [6.07, 6.45) is 0. The van der Waals surface area contributed by atoms with Gasteiger partial charge in [0.2, 0.25) is 10.0 Å². The lowest BCUT2D eigenvalue weighted by Gasteiger charge is -2.28. The molecule has 0 unspecified atom stereocenters. The maximum atomic E-state index is 12.7. The van der Waals surface area contributed by atoms with Gasteiger partial charge in [0.15, 0.2) is 11.5 Å². The molecule has 1 aliphatic rings. The van der Waals surface area contributed by atoms with E-state index in [1.165, 1.54) is 14.2 Å². The van der Waals surface area contributed by atoms with Crippen LogP contribution in [-0.2, 0) is 22.3 Å².